The summed E-state index contributed by atoms with van der Waals surface area (Å²) in [6, 6.07) is 8.75. The molecule has 0 bridgehead atoms. The van der Waals surface area contributed by atoms with E-state index in [0.717, 1.165) is 19.3 Å². The van der Waals surface area contributed by atoms with Crippen LogP contribution in [-0.4, -0.2) is 21.0 Å². The van der Waals surface area contributed by atoms with E-state index in [0.29, 0.717) is 11.9 Å². The number of nitrogens with zero attached hydrogens (tertiary/aromatic N) is 3. The second-order valence-electron chi connectivity index (χ2n) is 6.09. The highest BCUT2D eigenvalue weighted by Gasteiger charge is 2.28. The average molecular weight is 315 g/mol. The van der Waals surface area contributed by atoms with Gasteiger partial charge in [0.15, 0.2) is 12.0 Å². The first kappa shape index (κ1) is 15.6. The van der Waals surface area contributed by atoms with Crippen molar-refractivity contribution in [1.29, 1.82) is 0 Å². The van der Waals surface area contributed by atoms with Crippen LogP contribution in [0.3, 0.4) is 0 Å². The van der Waals surface area contributed by atoms with Crippen LogP contribution in [0.15, 0.2) is 24.3 Å². The van der Waals surface area contributed by atoms with Crippen LogP contribution in [0, 0.1) is 5.92 Å². The van der Waals surface area contributed by atoms with Crippen LogP contribution in [-0.2, 0) is 12.8 Å². The number of alkyl halides is 1. The summed E-state index contributed by atoms with van der Waals surface area (Å²) in [5.41, 5.74) is 8.48. The Labute approximate surface area is 135 Å². The summed E-state index contributed by atoms with van der Waals surface area (Å²) in [4.78, 5) is 12.1. The Balaban J connectivity index is 1.76. The Morgan fingerprint density at radius 2 is 1.87 bits per heavy atom. The van der Waals surface area contributed by atoms with Crippen molar-refractivity contribution in [1.82, 2.24) is 15.0 Å². The number of nitrogen functional groups attached to an aromatic ring is 1. The van der Waals surface area contributed by atoms with E-state index in [2.05, 4.69) is 51.5 Å². The van der Waals surface area contributed by atoms with E-state index in [-0.39, 0.29) is 17.8 Å². The third kappa shape index (κ3) is 3.41. The van der Waals surface area contributed by atoms with Gasteiger partial charge in [-0.05, 0) is 43.2 Å². The monoisotopic (exact) mass is 315 g/mol. The summed E-state index contributed by atoms with van der Waals surface area (Å²) in [6.07, 6.45) is 1.74. The van der Waals surface area contributed by atoms with Gasteiger partial charge < -0.3 is 11.1 Å². The fraction of sp³-hybridized carbons (Fsp3) is 0.471. The maximum absolute atomic E-state index is 13.5. The summed E-state index contributed by atoms with van der Waals surface area (Å²) in [5.74, 6) is 0.956. The minimum atomic E-state index is -1.27. The molecule has 0 saturated heterocycles. The van der Waals surface area contributed by atoms with E-state index in [1.54, 1.807) is 0 Å². The Kier molecular flexibility index (Phi) is 4.41. The van der Waals surface area contributed by atoms with Gasteiger partial charge in [0.05, 0.1) is 0 Å². The zero-order valence-electron chi connectivity index (χ0n) is 13.5. The molecule has 0 saturated carbocycles. The van der Waals surface area contributed by atoms with Gasteiger partial charge in [0.1, 0.15) is 0 Å². The van der Waals surface area contributed by atoms with Gasteiger partial charge in [-0.25, -0.2) is 4.39 Å². The number of fused-ring (bicyclic) bond motifs is 1. The highest BCUT2D eigenvalue weighted by molar-refractivity contribution is 5.36. The van der Waals surface area contributed by atoms with Crippen molar-refractivity contribution in [2.24, 2.45) is 5.92 Å². The molecule has 1 aromatic heterocycles. The van der Waals surface area contributed by atoms with Crippen LogP contribution in [0.2, 0.25) is 0 Å². The number of benzene rings is 1. The molecule has 122 valence electrons. The second kappa shape index (κ2) is 6.48. The number of hydrogen-bond donors (Lipinski definition) is 2. The molecule has 1 aliphatic carbocycles. The molecular formula is C17H22FN5. The van der Waals surface area contributed by atoms with Gasteiger partial charge >= 0.3 is 0 Å². The first-order valence-electron chi connectivity index (χ1n) is 8.05. The van der Waals surface area contributed by atoms with E-state index in [1.807, 2.05) is 0 Å². The van der Waals surface area contributed by atoms with Gasteiger partial charge in [-0.3, -0.25) is 0 Å². The third-order valence-electron chi connectivity index (χ3n) is 4.43. The second-order valence-corrected chi connectivity index (χ2v) is 6.09. The number of hydrogen-bond acceptors (Lipinski definition) is 5. The SMILES string of the molecule is CCC(Nc1nc(N)nc(C(C)F)n1)C1Cc2ccccc2C1. The molecular weight excluding hydrogens is 293 g/mol. The fourth-order valence-corrected chi connectivity index (χ4v) is 3.25. The van der Waals surface area contributed by atoms with Gasteiger partial charge in [0.25, 0.3) is 0 Å². The third-order valence-corrected chi connectivity index (χ3v) is 4.43. The smallest absolute Gasteiger partial charge is 0.228 e. The lowest BCUT2D eigenvalue weighted by Crippen LogP contribution is -2.30. The number of aromatic nitrogens is 3. The van der Waals surface area contributed by atoms with E-state index in [9.17, 15) is 4.39 Å². The predicted octanol–water partition coefficient (Wildman–Crippen LogP) is 3.09. The maximum atomic E-state index is 13.5. The van der Waals surface area contributed by atoms with Crippen molar-refractivity contribution in [3.05, 3.63) is 41.2 Å². The van der Waals surface area contributed by atoms with E-state index in [1.165, 1.54) is 18.1 Å². The zero-order valence-corrected chi connectivity index (χ0v) is 13.5. The van der Waals surface area contributed by atoms with Crippen molar-refractivity contribution in [3.63, 3.8) is 0 Å². The average Bonchev–Trinajstić information content (AvgIpc) is 2.95. The number of nitrogens with one attached hydrogen (secondary N) is 1. The molecule has 1 aromatic carbocycles. The maximum Gasteiger partial charge on any atom is 0.228 e. The van der Waals surface area contributed by atoms with Crippen LogP contribution < -0.4 is 11.1 Å². The lowest BCUT2D eigenvalue weighted by Gasteiger charge is -2.23. The van der Waals surface area contributed by atoms with Crippen LogP contribution in [0.1, 0.15) is 43.4 Å². The Bertz CT molecular complexity index is 663. The van der Waals surface area contributed by atoms with Gasteiger partial charge in [0.2, 0.25) is 11.9 Å². The highest BCUT2D eigenvalue weighted by Crippen LogP contribution is 2.30. The zero-order chi connectivity index (χ0) is 16.4. The molecule has 5 nitrogen and oxygen atoms in total. The van der Waals surface area contributed by atoms with E-state index >= 15 is 0 Å². The van der Waals surface area contributed by atoms with Gasteiger partial charge in [0, 0.05) is 6.04 Å². The molecule has 1 heterocycles. The van der Waals surface area contributed by atoms with Crippen molar-refractivity contribution in [3.8, 4) is 0 Å². The lowest BCUT2D eigenvalue weighted by atomic mass is 9.94. The van der Waals surface area contributed by atoms with Crippen LogP contribution in [0.25, 0.3) is 0 Å². The Morgan fingerprint density at radius 1 is 1.22 bits per heavy atom. The predicted molar refractivity (Wildman–Crippen MR) is 88.8 cm³/mol. The molecule has 3 N–H and O–H groups in total. The topological polar surface area (TPSA) is 76.7 Å². The molecule has 2 unspecified atom stereocenters. The minimum absolute atomic E-state index is 0.0477. The molecule has 0 fully saturated rings. The molecule has 0 radical (unpaired) electrons. The summed E-state index contributed by atoms with van der Waals surface area (Å²) >= 11 is 0. The number of rotatable bonds is 5. The molecule has 3 rings (SSSR count). The van der Waals surface area contributed by atoms with Crippen molar-refractivity contribution >= 4 is 11.9 Å². The Morgan fingerprint density at radius 3 is 2.43 bits per heavy atom. The molecule has 2 aromatic rings. The fourth-order valence-electron chi connectivity index (χ4n) is 3.25. The molecule has 0 amide bonds. The highest BCUT2D eigenvalue weighted by atomic mass is 19.1. The molecule has 1 aliphatic rings. The number of halogens is 1. The van der Waals surface area contributed by atoms with Gasteiger partial charge in [-0.15, -0.1) is 0 Å². The minimum Gasteiger partial charge on any atom is -0.368 e. The summed E-state index contributed by atoms with van der Waals surface area (Å²) < 4.78 is 13.5. The standard InChI is InChI=1S/C17H22FN5/c1-3-14(13-8-11-6-4-5-7-12(11)9-13)20-17-22-15(10(2)18)21-16(19)23-17/h4-7,10,13-14H,3,8-9H2,1-2H3,(H3,19,20,21,22,23). The van der Waals surface area contributed by atoms with E-state index < -0.39 is 6.17 Å². The normalized spacial score (nSPS) is 16.8. The summed E-state index contributed by atoms with van der Waals surface area (Å²) in [7, 11) is 0. The lowest BCUT2D eigenvalue weighted by molar-refractivity contribution is 0.356. The van der Waals surface area contributed by atoms with Crippen LogP contribution in [0.5, 0.6) is 0 Å². The number of anilines is 2. The molecule has 2 atom stereocenters. The summed E-state index contributed by atoms with van der Waals surface area (Å²) in [5, 5.41) is 3.33. The first-order valence-corrected chi connectivity index (χ1v) is 8.05. The van der Waals surface area contributed by atoms with Gasteiger partial charge in [-0.1, -0.05) is 31.2 Å². The van der Waals surface area contributed by atoms with Crippen molar-refractivity contribution in [2.45, 2.75) is 45.3 Å². The van der Waals surface area contributed by atoms with Crippen LogP contribution >= 0.6 is 0 Å². The van der Waals surface area contributed by atoms with Crippen molar-refractivity contribution < 1.29 is 4.39 Å². The molecule has 23 heavy (non-hydrogen) atoms. The van der Waals surface area contributed by atoms with Crippen molar-refractivity contribution in [2.75, 3.05) is 11.1 Å². The molecule has 6 heteroatoms. The van der Waals surface area contributed by atoms with E-state index in [4.69, 9.17) is 5.73 Å². The van der Waals surface area contributed by atoms with Crippen LogP contribution in [0.4, 0.5) is 16.3 Å². The molecule has 0 spiro atoms. The molecule has 0 aliphatic heterocycles. The Hall–Kier alpha value is -2.24. The number of nitrogens with two attached hydrogens (primary N) is 1. The van der Waals surface area contributed by atoms with Gasteiger partial charge in [-0.2, -0.15) is 15.0 Å². The largest absolute Gasteiger partial charge is 0.368 e. The quantitative estimate of drug-likeness (QED) is 0.886. The summed E-state index contributed by atoms with van der Waals surface area (Å²) in [6.45, 7) is 3.52. The first-order chi connectivity index (χ1) is 11.1.